The van der Waals surface area contributed by atoms with Crippen LogP contribution in [-0.4, -0.2) is 25.6 Å². The first-order valence-corrected chi connectivity index (χ1v) is 10.1. The Labute approximate surface area is 169 Å². The fourth-order valence-corrected chi connectivity index (χ4v) is 4.03. The summed E-state index contributed by atoms with van der Waals surface area (Å²) in [5.74, 6) is 0.880. The topological polar surface area (TPSA) is 12.5 Å². The van der Waals surface area contributed by atoms with E-state index in [1.54, 1.807) is 7.11 Å². The van der Waals surface area contributed by atoms with Crippen LogP contribution in [0.15, 0.2) is 78.9 Å². The van der Waals surface area contributed by atoms with E-state index in [-0.39, 0.29) is 5.54 Å². The van der Waals surface area contributed by atoms with E-state index in [0.717, 1.165) is 18.7 Å². The molecule has 0 aliphatic rings. The molecule has 0 fully saturated rings. The predicted octanol–water partition coefficient (Wildman–Crippen LogP) is 6.03. The number of methoxy groups -OCH3 is 1. The minimum Gasteiger partial charge on any atom is -0.497 e. The zero-order chi connectivity index (χ0) is 20.0. The van der Waals surface area contributed by atoms with E-state index in [4.69, 9.17) is 4.74 Å². The molecule has 0 radical (unpaired) electrons. The van der Waals surface area contributed by atoms with Gasteiger partial charge in [-0.3, -0.25) is 4.90 Å². The maximum Gasteiger partial charge on any atom is 0.118 e. The number of ether oxygens (including phenoxy) is 1. The molecule has 2 nitrogen and oxygen atoms in total. The number of unbranched alkanes of at least 4 members (excludes halogenated alkanes) is 1. The highest BCUT2D eigenvalue weighted by atomic mass is 16.5. The molecule has 3 aromatic rings. The van der Waals surface area contributed by atoms with Crippen molar-refractivity contribution >= 4 is 0 Å². The minimum atomic E-state index is -0.351. The summed E-state index contributed by atoms with van der Waals surface area (Å²) in [6, 6.07) is 28.3. The lowest BCUT2D eigenvalue weighted by Crippen LogP contribution is -2.46. The fourth-order valence-electron chi connectivity index (χ4n) is 4.03. The SMILES string of the molecule is CCCCN(C)C(c1ccccc1)(c1ccc(C)cc1)c1ccc(OC)cc1. The molecular formula is C26H31NO. The molecule has 0 amide bonds. The van der Waals surface area contributed by atoms with Crippen LogP contribution in [0.1, 0.15) is 42.0 Å². The van der Waals surface area contributed by atoms with Gasteiger partial charge in [0.15, 0.2) is 0 Å². The Kier molecular flexibility index (Phi) is 6.53. The zero-order valence-corrected chi connectivity index (χ0v) is 17.5. The molecule has 1 atom stereocenters. The minimum absolute atomic E-state index is 0.351. The van der Waals surface area contributed by atoms with Crippen molar-refractivity contribution in [3.63, 3.8) is 0 Å². The molecular weight excluding hydrogens is 342 g/mol. The normalized spacial score (nSPS) is 13.3. The van der Waals surface area contributed by atoms with Crippen LogP contribution >= 0.6 is 0 Å². The first-order chi connectivity index (χ1) is 13.6. The average Bonchev–Trinajstić information content (AvgIpc) is 2.75. The van der Waals surface area contributed by atoms with E-state index in [0.29, 0.717) is 0 Å². The molecule has 0 spiro atoms. The Morgan fingerprint density at radius 2 is 1.32 bits per heavy atom. The molecule has 146 valence electrons. The Balaban J connectivity index is 2.28. The maximum absolute atomic E-state index is 5.42. The Morgan fingerprint density at radius 1 is 0.786 bits per heavy atom. The first-order valence-electron chi connectivity index (χ1n) is 10.1. The van der Waals surface area contributed by atoms with Crippen molar-refractivity contribution < 1.29 is 4.74 Å². The molecule has 2 heteroatoms. The first kappa shape index (κ1) is 20.2. The monoisotopic (exact) mass is 373 g/mol. The summed E-state index contributed by atoms with van der Waals surface area (Å²) in [6.45, 7) is 5.41. The van der Waals surface area contributed by atoms with Gasteiger partial charge in [0.1, 0.15) is 5.75 Å². The van der Waals surface area contributed by atoms with E-state index < -0.39 is 0 Å². The number of aryl methyl sites for hydroxylation is 1. The zero-order valence-electron chi connectivity index (χ0n) is 17.5. The molecule has 3 rings (SSSR count). The lowest BCUT2D eigenvalue weighted by Gasteiger charge is -2.44. The van der Waals surface area contributed by atoms with Gasteiger partial charge in [-0.05, 0) is 55.8 Å². The van der Waals surface area contributed by atoms with Gasteiger partial charge >= 0.3 is 0 Å². The lowest BCUT2D eigenvalue weighted by molar-refractivity contribution is 0.196. The number of benzene rings is 3. The summed E-state index contributed by atoms with van der Waals surface area (Å²) in [7, 11) is 3.96. The third-order valence-corrected chi connectivity index (χ3v) is 5.59. The smallest absolute Gasteiger partial charge is 0.118 e. The van der Waals surface area contributed by atoms with Crippen LogP contribution in [-0.2, 0) is 5.54 Å². The molecule has 0 aromatic heterocycles. The van der Waals surface area contributed by atoms with Crippen LogP contribution in [0.4, 0.5) is 0 Å². The third-order valence-electron chi connectivity index (χ3n) is 5.59. The van der Waals surface area contributed by atoms with Gasteiger partial charge in [0.2, 0.25) is 0 Å². The molecule has 28 heavy (non-hydrogen) atoms. The Hall–Kier alpha value is -2.58. The van der Waals surface area contributed by atoms with Crippen molar-refractivity contribution in [1.29, 1.82) is 0 Å². The highest BCUT2D eigenvalue weighted by molar-refractivity contribution is 5.51. The van der Waals surface area contributed by atoms with Crippen molar-refractivity contribution in [1.82, 2.24) is 4.90 Å². The number of hydrogen-bond acceptors (Lipinski definition) is 2. The van der Waals surface area contributed by atoms with Gasteiger partial charge < -0.3 is 4.74 Å². The van der Waals surface area contributed by atoms with Crippen molar-refractivity contribution in [2.75, 3.05) is 20.7 Å². The number of hydrogen-bond donors (Lipinski definition) is 0. The molecule has 3 aromatic carbocycles. The van der Waals surface area contributed by atoms with Crippen molar-refractivity contribution in [3.8, 4) is 5.75 Å². The second-order valence-electron chi connectivity index (χ2n) is 7.45. The van der Waals surface area contributed by atoms with E-state index in [1.807, 2.05) is 0 Å². The van der Waals surface area contributed by atoms with Gasteiger partial charge in [-0.1, -0.05) is 85.6 Å². The van der Waals surface area contributed by atoms with Gasteiger partial charge in [-0.15, -0.1) is 0 Å². The Bertz CT molecular complexity index is 855. The standard InChI is InChI=1S/C26H31NO/c1-5-6-20-27(3)26(22-10-8-7-9-11-22,23-14-12-21(2)13-15-23)24-16-18-25(28-4)19-17-24/h7-19H,5-6,20H2,1-4H3. The predicted molar refractivity (Wildman–Crippen MR) is 118 cm³/mol. The molecule has 0 aliphatic carbocycles. The summed E-state index contributed by atoms with van der Waals surface area (Å²) in [4.78, 5) is 2.50. The van der Waals surface area contributed by atoms with Gasteiger partial charge in [0.05, 0.1) is 12.6 Å². The van der Waals surface area contributed by atoms with Crippen LogP contribution in [0.25, 0.3) is 0 Å². The second-order valence-corrected chi connectivity index (χ2v) is 7.45. The molecule has 1 unspecified atom stereocenters. The highest BCUT2D eigenvalue weighted by Crippen LogP contribution is 2.42. The van der Waals surface area contributed by atoms with Crippen molar-refractivity contribution in [2.24, 2.45) is 0 Å². The second kappa shape index (κ2) is 9.07. The molecule has 0 aliphatic heterocycles. The lowest BCUT2D eigenvalue weighted by atomic mass is 9.75. The van der Waals surface area contributed by atoms with E-state index in [9.17, 15) is 0 Å². The van der Waals surface area contributed by atoms with Crippen LogP contribution in [0.5, 0.6) is 5.75 Å². The molecule has 0 bridgehead atoms. The van der Waals surface area contributed by atoms with Gasteiger partial charge in [0, 0.05) is 0 Å². The number of nitrogens with zero attached hydrogens (tertiary/aromatic N) is 1. The maximum atomic E-state index is 5.42. The van der Waals surface area contributed by atoms with Crippen LogP contribution < -0.4 is 4.74 Å². The summed E-state index contributed by atoms with van der Waals surface area (Å²) in [5, 5.41) is 0. The summed E-state index contributed by atoms with van der Waals surface area (Å²) < 4.78 is 5.42. The van der Waals surface area contributed by atoms with Crippen molar-refractivity contribution in [2.45, 2.75) is 32.2 Å². The van der Waals surface area contributed by atoms with Gasteiger partial charge in [-0.2, -0.15) is 0 Å². The van der Waals surface area contributed by atoms with Crippen molar-refractivity contribution in [3.05, 3.63) is 101 Å². The molecule has 0 saturated carbocycles. The summed E-state index contributed by atoms with van der Waals surface area (Å²) in [6.07, 6.45) is 2.33. The molecule has 0 heterocycles. The average molecular weight is 374 g/mol. The van der Waals surface area contributed by atoms with Gasteiger partial charge in [-0.25, -0.2) is 0 Å². The summed E-state index contributed by atoms with van der Waals surface area (Å²) in [5.41, 5.74) is 4.74. The quantitative estimate of drug-likeness (QED) is 0.447. The van der Waals surface area contributed by atoms with Crippen LogP contribution in [0.3, 0.4) is 0 Å². The van der Waals surface area contributed by atoms with Crippen LogP contribution in [0.2, 0.25) is 0 Å². The van der Waals surface area contributed by atoms with E-state index in [2.05, 4.69) is 105 Å². The number of rotatable bonds is 8. The van der Waals surface area contributed by atoms with Gasteiger partial charge in [0.25, 0.3) is 0 Å². The Morgan fingerprint density at radius 3 is 1.86 bits per heavy atom. The molecule has 0 saturated heterocycles. The van der Waals surface area contributed by atoms with E-state index >= 15 is 0 Å². The van der Waals surface area contributed by atoms with Crippen LogP contribution in [0, 0.1) is 6.92 Å². The fraction of sp³-hybridized carbons (Fsp3) is 0.308. The highest BCUT2D eigenvalue weighted by Gasteiger charge is 2.40. The molecule has 0 N–H and O–H groups in total. The van der Waals surface area contributed by atoms with E-state index in [1.165, 1.54) is 28.7 Å². The third kappa shape index (κ3) is 3.83. The largest absolute Gasteiger partial charge is 0.497 e. The summed E-state index contributed by atoms with van der Waals surface area (Å²) >= 11 is 0.